The minimum Gasteiger partial charge on any atom is -0.496 e. The second-order valence-corrected chi connectivity index (χ2v) is 9.37. The number of carbonyl (C=O) groups excluding carboxylic acids is 2. The number of fused-ring (bicyclic) bond motifs is 1. The molecule has 1 amide bonds. The lowest BCUT2D eigenvalue weighted by Crippen LogP contribution is -2.29. The number of allylic oxidation sites excluding steroid dienone is 1. The molecule has 1 N–H and O–H groups in total. The number of para-hydroxylation sites is 1. The molecule has 1 aliphatic rings. The molecule has 0 saturated heterocycles. The van der Waals surface area contributed by atoms with Crippen LogP contribution in [0, 0.1) is 0 Å². The number of carbonyl (C=O) groups is 2. The lowest BCUT2D eigenvalue weighted by Gasteiger charge is -2.31. The molecule has 1 heterocycles. The Hall–Kier alpha value is -4.19. The molecule has 0 aliphatic carbocycles. The van der Waals surface area contributed by atoms with E-state index >= 15 is 0 Å². The van der Waals surface area contributed by atoms with Gasteiger partial charge in [-0.15, -0.1) is 0 Å². The monoisotopic (exact) mass is 495 g/mol. The second-order valence-electron chi connectivity index (χ2n) is 9.37. The molecule has 3 aromatic rings. The highest BCUT2D eigenvalue weighted by Gasteiger charge is 2.19. The van der Waals surface area contributed by atoms with Crippen molar-refractivity contribution in [3.8, 4) is 5.75 Å². The Morgan fingerprint density at radius 3 is 2.54 bits per heavy atom. The molecule has 6 heteroatoms. The van der Waals surface area contributed by atoms with Gasteiger partial charge in [-0.3, -0.25) is 9.59 Å². The Morgan fingerprint density at radius 1 is 1.03 bits per heavy atom. The quantitative estimate of drug-likeness (QED) is 0.179. The minimum absolute atomic E-state index is 0.0255. The van der Waals surface area contributed by atoms with Crippen molar-refractivity contribution in [3.05, 3.63) is 106 Å². The van der Waals surface area contributed by atoms with E-state index in [0.29, 0.717) is 11.1 Å². The topological polar surface area (TPSA) is 71.0 Å². The molecular weight excluding hydrogens is 462 g/mol. The van der Waals surface area contributed by atoms with Crippen LogP contribution in [0.1, 0.15) is 53.7 Å². The van der Waals surface area contributed by atoms with Crippen molar-refractivity contribution in [2.24, 2.45) is 5.10 Å². The van der Waals surface area contributed by atoms with E-state index in [4.69, 9.17) is 4.74 Å². The van der Waals surface area contributed by atoms with Crippen molar-refractivity contribution >= 4 is 23.6 Å². The van der Waals surface area contributed by atoms with Gasteiger partial charge in [0, 0.05) is 41.9 Å². The number of nitrogens with zero attached hydrogens (tertiary/aromatic N) is 2. The van der Waals surface area contributed by atoms with Crippen molar-refractivity contribution in [3.63, 3.8) is 0 Å². The fourth-order valence-electron chi connectivity index (χ4n) is 4.59. The lowest BCUT2D eigenvalue weighted by atomic mass is 9.99. The van der Waals surface area contributed by atoms with Gasteiger partial charge in [0.2, 0.25) is 0 Å². The van der Waals surface area contributed by atoms with Crippen LogP contribution in [0.25, 0.3) is 0 Å². The first-order chi connectivity index (χ1) is 18.0. The van der Waals surface area contributed by atoms with E-state index in [9.17, 15) is 9.59 Å². The third-order valence-corrected chi connectivity index (χ3v) is 6.56. The van der Waals surface area contributed by atoms with Gasteiger partial charge in [0.05, 0.1) is 13.3 Å². The molecule has 3 aromatic carbocycles. The van der Waals surface area contributed by atoms with Crippen molar-refractivity contribution in [2.75, 3.05) is 18.6 Å². The number of ketones is 1. The summed E-state index contributed by atoms with van der Waals surface area (Å²) in [4.78, 5) is 27.8. The number of nitrogens with one attached hydrogen (secondary N) is 1. The summed E-state index contributed by atoms with van der Waals surface area (Å²) in [7, 11) is 1.68. The lowest BCUT2D eigenvalue weighted by molar-refractivity contribution is -0.117. The summed E-state index contributed by atoms with van der Waals surface area (Å²) in [6.45, 7) is 5.36. The molecule has 6 nitrogen and oxygen atoms in total. The molecule has 0 fully saturated rings. The predicted molar refractivity (Wildman–Crippen MR) is 148 cm³/mol. The van der Waals surface area contributed by atoms with Crippen LogP contribution in [-0.4, -0.2) is 31.6 Å². The molecule has 0 saturated carbocycles. The summed E-state index contributed by atoms with van der Waals surface area (Å²) in [5.74, 6) is 0.338. The van der Waals surface area contributed by atoms with Crippen molar-refractivity contribution in [1.29, 1.82) is 0 Å². The molecule has 4 rings (SSSR count). The van der Waals surface area contributed by atoms with E-state index in [1.54, 1.807) is 25.5 Å². The second kappa shape index (κ2) is 12.2. The first-order valence-corrected chi connectivity index (χ1v) is 12.5. The van der Waals surface area contributed by atoms with E-state index in [1.807, 2.05) is 50.2 Å². The van der Waals surface area contributed by atoms with Crippen LogP contribution in [0.15, 0.2) is 89.0 Å². The van der Waals surface area contributed by atoms with Crippen LogP contribution in [0.4, 0.5) is 5.69 Å². The summed E-state index contributed by atoms with van der Waals surface area (Å²) < 4.78 is 5.62. The van der Waals surface area contributed by atoms with Gasteiger partial charge in [-0.2, -0.15) is 5.10 Å². The smallest absolute Gasteiger partial charge is 0.267 e. The van der Waals surface area contributed by atoms with Crippen LogP contribution in [0.2, 0.25) is 0 Å². The van der Waals surface area contributed by atoms with Crippen LogP contribution >= 0.6 is 0 Å². The van der Waals surface area contributed by atoms with Crippen LogP contribution in [0.3, 0.4) is 0 Å². The van der Waals surface area contributed by atoms with Gasteiger partial charge in [0.1, 0.15) is 5.75 Å². The maximum absolute atomic E-state index is 12.8. The number of Topliss-reactive ketones (excluding diaryl/α,β-unsaturated/α-hetero) is 1. The van der Waals surface area contributed by atoms with E-state index < -0.39 is 0 Å². The van der Waals surface area contributed by atoms with E-state index in [0.717, 1.165) is 48.4 Å². The molecule has 37 heavy (non-hydrogen) atoms. The molecule has 190 valence electrons. The van der Waals surface area contributed by atoms with Gasteiger partial charge < -0.3 is 9.64 Å². The number of hydrogen-bond donors (Lipinski definition) is 1. The summed E-state index contributed by atoms with van der Waals surface area (Å²) in [6, 6.07) is 23.4. The van der Waals surface area contributed by atoms with Gasteiger partial charge in [-0.05, 0) is 62.1 Å². The van der Waals surface area contributed by atoms with Gasteiger partial charge in [0.25, 0.3) is 5.91 Å². The third kappa shape index (κ3) is 6.53. The Kier molecular flexibility index (Phi) is 8.52. The molecule has 0 bridgehead atoms. The van der Waals surface area contributed by atoms with Crippen LogP contribution in [-0.2, 0) is 17.8 Å². The Balaban J connectivity index is 1.45. The average molecular weight is 496 g/mol. The Bertz CT molecular complexity index is 1320. The average Bonchev–Trinajstić information content (AvgIpc) is 2.92. The number of methoxy groups -OCH3 is 1. The molecule has 1 aliphatic heterocycles. The zero-order chi connectivity index (χ0) is 26.2. The summed E-state index contributed by atoms with van der Waals surface area (Å²) in [5.41, 5.74) is 8.91. The zero-order valence-corrected chi connectivity index (χ0v) is 21.7. The molecule has 0 spiro atoms. The van der Waals surface area contributed by atoms with E-state index in [2.05, 4.69) is 39.7 Å². The van der Waals surface area contributed by atoms with Gasteiger partial charge in [-0.1, -0.05) is 54.1 Å². The number of hydrazone groups is 1. The maximum atomic E-state index is 12.8. The fraction of sp³-hybridized carbons (Fsp3) is 0.258. The zero-order valence-electron chi connectivity index (χ0n) is 21.7. The number of rotatable bonds is 9. The van der Waals surface area contributed by atoms with Gasteiger partial charge >= 0.3 is 0 Å². The third-order valence-electron chi connectivity index (χ3n) is 6.56. The van der Waals surface area contributed by atoms with Gasteiger partial charge in [-0.25, -0.2) is 5.43 Å². The highest BCUT2D eigenvalue weighted by Crippen LogP contribution is 2.30. The summed E-state index contributed by atoms with van der Waals surface area (Å²) in [5, 5.41) is 4.18. The van der Waals surface area contributed by atoms with Gasteiger partial charge in [0.15, 0.2) is 5.78 Å². The van der Waals surface area contributed by atoms with Crippen LogP contribution in [0.5, 0.6) is 5.75 Å². The van der Waals surface area contributed by atoms with Crippen molar-refractivity contribution in [1.82, 2.24) is 5.43 Å². The summed E-state index contributed by atoms with van der Waals surface area (Å²) >= 11 is 0. The number of amides is 1. The van der Waals surface area contributed by atoms with E-state index in [-0.39, 0.29) is 18.1 Å². The number of aryl methyl sites for hydroxylation is 1. The number of benzene rings is 3. The number of anilines is 1. The number of hydrogen-bond acceptors (Lipinski definition) is 5. The first kappa shape index (κ1) is 25.9. The highest BCUT2D eigenvalue weighted by molar-refractivity contribution is 6.05. The standard InChI is InChI=1S/C31H33N3O3/c1-22(2)27(19-29(35)25-11-5-4-6-12-25)31(36)33-32-20-23-15-16-30(37-3)26(18-23)21-34-17-9-13-24-10-7-8-14-28(24)34/h4-8,10-12,14-16,18,20H,9,13,17,19,21H2,1-3H3,(H,33,36)/b32-20+. The van der Waals surface area contributed by atoms with Crippen LogP contribution < -0.4 is 15.1 Å². The largest absolute Gasteiger partial charge is 0.496 e. The fourth-order valence-corrected chi connectivity index (χ4v) is 4.59. The van der Waals surface area contributed by atoms with E-state index in [1.165, 1.54) is 11.3 Å². The van der Waals surface area contributed by atoms with Crippen molar-refractivity contribution < 1.29 is 14.3 Å². The predicted octanol–water partition coefficient (Wildman–Crippen LogP) is 5.71. The molecular formula is C31H33N3O3. The Labute approximate surface area is 218 Å². The first-order valence-electron chi connectivity index (χ1n) is 12.5. The summed E-state index contributed by atoms with van der Waals surface area (Å²) in [6.07, 6.45) is 3.86. The van der Waals surface area contributed by atoms with Crippen molar-refractivity contribution in [2.45, 2.75) is 39.7 Å². The molecule has 0 aromatic heterocycles. The molecule has 0 radical (unpaired) electrons. The molecule has 0 unspecified atom stereocenters. The molecule has 0 atom stereocenters. The normalized spacial score (nSPS) is 12.7. The SMILES string of the molecule is COc1ccc(/C=N/NC(=O)C(CC(=O)c2ccccc2)=C(C)C)cc1CN1CCCc2ccccc21. The number of ether oxygens (including phenoxy) is 1. The maximum Gasteiger partial charge on any atom is 0.267 e. The Morgan fingerprint density at radius 2 is 1.78 bits per heavy atom. The minimum atomic E-state index is -0.376. The highest BCUT2D eigenvalue weighted by atomic mass is 16.5.